The van der Waals surface area contributed by atoms with Gasteiger partial charge in [0.25, 0.3) is 0 Å². The molecule has 5 heteroatoms. The van der Waals surface area contributed by atoms with Crippen LogP contribution in [0.15, 0.2) is 12.4 Å². The number of hydrogen-bond donors (Lipinski definition) is 2. The molecule has 0 aliphatic carbocycles. The van der Waals surface area contributed by atoms with Gasteiger partial charge in [-0.25, -0.2) is 0 Å². The molecule has 1 atom stereocenters. The van der Waals surface area contributed by atoms with E-state index in [4.69, 9.17) is 12.2 Å². The molecule has 0 spiro atoms. The molecule has 5 nitrogen and oxygen atoms in total. The second-order valence-electron chi connectivity index (χ2n) is 3.35. The van der Waals surface area contributed by atoms with Gasteiger partial charge in [0.1, 0.15) is 6.54 Å². The molecule has 0 fully saturated rings. The highest BCUT2D eigenvalue weighted by atomic mass is 16.2. The van der Waals surface area contributed by atoms with Crippen LogP contribution in [0, 0.1) is 12.3 Å². The van der Waals surface area contributed by atoms with Crippen molar-refractivity contribution in [1.29, 1.82) is 0 Å². The van der Waals surface area contributed by atoms with Crippen molar-refractivity contribution in [2.45, 2.75) is 25.9 Å². The fourth-order valence-electron chi connectivity index (χ4n) is 1.16. The number of carbonyl (C=O) groups is 1. The summed E-state index contributed by atoms with van der Waals surface area (Å²) in [4.78, 5) is 11.4. The molecule has 0 saturated carbocycles. The van der Waals surface area contributed by atoms with E-state index in [-0.39, 0.29) is 18.5 Å². The molecular weight excluding hydrogens is 192 g/mol. The normalized spacial score (nSPS) is 11.7. The van der Waals surface area contributed by atoms with E-state index in [1.165, 1.54) is 10.9 Å². The Labute approximate surface area is 88.6 Å². The molecular formula is C10H14N4O. The lowest BCUT2D eigenvalue weighted by atomic mass is 10.2. The standard InChI is InChI=1S/C10H14N4O/c1-3-4-8(2)13-10(15)7-14-6-9(11)5-12-14/h1,5-6,8H,4,7,11H2,2H3,(H,13,15). The smallest absolute Gasteiger partial charge is 0.241 e. The van der Waals surface area contributed by atoms with E-state index < -0.39 is 0 Å². The van der Waals surface area contributed by atoms with Crippen LogP contribution in [0.3, 0.4) is 0 Å². The summed E-state index contributed by atoms with van der Waals surface area (Å²) in [6.07, 6.45) is 8.75. The first-order valence-corrected chi connectivity index (χ1v) is 4.62. The van der Waals surface area contributed by atoms with Crippen molar-refractivity contribution >= 4 is 11.6 Å². The minimum absolute atomic E-state index is 0.0181. The van der Waals surface area contributed by atoms with Crippen molar-refractivity contribution in [3.63, 3.8) is 0 Å². The maximum atomic E-state index is 11.4. The lowest BCUT2D eigenvalue weighted by Crippen LogP contribution is -2.34. The molecule has 1 amide bonds. The molecule has 1 unspecified atom stereocenters. The number of aromatic nitrogens is 2. The highest BCUT2D eigenvalue weighted by molar-refractivity contribution is 5.76. The van der Waals surface area contributed by atoms with Gasteiger partial charge in [-0.05, 0) is 6.92 Å². The predicted molar refractivity (Wildman–Crippen MR) is 57.7 cm³/mol. The van der Waals surface area contributed by atoms with Crippen LogP contribution in [0.1, 0.15) is 13.3 Å². The van der Waals surface area contributed by atoms with E-state index in [0.717, 1.165) is 0 Å². The average molecular weight is 206 g/mol. The van der Waals surface area contributed by atoms with Crippen molar-refractivity contribution in [3.05, 3.63) is 12.4 Å². The highest BCUT2D eigenvalue weighted by Crippen LogP contribution is 1.97. The lowest BCUT2D eigenvalue weighted by molar-refractivity contribution is -0.122. The number of hydrogen-bond acceptors (Lipinski definition) is 3. The van der Waals surface area contributed by atoms with Crippen LogP contribution in [-0.4, -0.2) is 21.7 Å². The maximum Gasteiger partial charge on any atom is 0.241 e. The van der Waals surface area contributed by atoms with Crippen molar-refractivity contribution in [2.75, 3.05) is 5.73 Å². The summed E-state index contributed by atoms with van der Waals surface area (Å²) in [5.74, 6) is 2.36. The van der Waals surface area contributed by atoms with Crippen LogP contribution in [-0.2, 0) is 11.3 Å². The molecule has 0 radical (unpaired) electrons. The molecule has 1 heterocycles. The quantitative estimate of drug-likeness (QED) is 0.681. The molecule has 3 N–H and O–H groups in total. The van der Waals surface area contributed by atoms with E-state index in [1.54, 1.807) is 6.20 Å². The number of anilines is 1. The summed E-state index contributed by atoms with van der Waals surface area (Å²) in [7, 11) is 0. The zero-order chi connectivity index (χ0) is 11.3. The number of carbonyl (C=O) groups excluding carboxylic acids is 1. The molecule has 0 aliphatic heterocycles. The second kappa shape index (κ2) is 5.05. The van der Waals surface area contributed by atoms with E-state index in [0.29, 0.717) is 12.1 Å². The van der Waals surface area contributed by atoms with Gasteiger partial charge in [-0.3, -0.25) is 9.48 Å². The molecule has 1 aromatic rings. The van der Waals surface area contributed by atoms with Gasteiger partial charge >= 0.3 is 0 Å². The summed E-state index contributed by atoms with van der Waals surface area (Å²) < 4.78 is 1.48. The summed E-state index contributed by atoms with van der Waals surface area (Å²) in [5, 5.41) is 6.65. The van der Waals surface area contributed by atoms with Crippen LogP contribution >= 0.6 is 0 Å². The fraction of sp³-hybridized carbons (Fsp3) is 0.400. The number of nitrogens with zero attached hydrogens (tertiary/aromatic N) is 2. The molecule has 1 aromatic heterocycles. The van der Waals surface area contributed by atoms with Crippen LogP contribution < -0.4 is 11.1 Å². The number of terminal acetylenes is 1. The minimum atomic E-state index is -0.124. The number of rotatable bonds is 4. The predicted octanol–water partition coefficient (Wildman–Crippen LogP) is -0.00670. The Bertz CT molecular complexity index is 377. The van der Waals surface area contributed by atoms with Crippen molar-refractivity contribution in [3.8, 4) is 12.3 Å². The van der Waals surface area contributed by atoms with Gasteiger partial charge in [-0.15, -0.1) is 12.3 Å². The van der Waals surface area contributed by atoms with Gasteiger partial charge in [-0.2, -0.15) is 5.10 Å². The van der Waals surface area contributed by atoms with Crippen LogP contribution in [0.25, 0.3) is 0 Å². The van der Waals surface area contributed by atoms with Crippen molar-refractivity contribution in [1.82, 2.24) is 15.1 Å². The second-order valence-corrected chi connectivity index (χ2v) is 3.35. The first kappa shape index (κ1) is 11.1. The van der Waals surface area contributed by atoms with Crippen LogP contribution in [0.5, 0.6) is 0 Å². The van der Waals surface area contributed by atoms with Crippen molar-refractivity contribution in [2.24, 2.45) is 0 Å². The number of nitrogen functional groups attached to an aromatic ring is 1. The Hall–Kier alpha value is -1.96. The van der Waals surface area contributed by atoms with Gasteiger partial charge in [0.15, 0.2) is 0 Å². The molecule has 0 aromatic carbocycles. The van der Waals surface area contributed by atoms with Gasteiger partial charge in [0.05, 0.1) is 11.9 Å². The van der Waals surface area contributed by atoms with Gasteiger partial charge < -0.3 is 11.1 Å². The Morgan fingerprint density at radius 3 is 3.13 bits per heavy atom. The summed E-state index contributed by atoms with van der Waals surface area (Å²) in [5.41, 5.74) is 6.00. The largest absolute Gasteiger partial charge is 0.396 e. The van der Waals surface area contributed by atoms with E-state index in [1.807, 2.05) is 6.92 Å². The van der Waals surface area contributed by atoms with E-state index in [2.05, 4.69) is 16.3 Å². The summed E-state index contributed by atoms with van der Waals surface area (Å²) in [6, 6.07) is -0.0181. The van der Waals surface area contributed by atoms with Gasteiger partial charge in [-0.1, -0.05) is 0 Å². The summed E-state index contributed by atoms with van der Waals surface area (Å²) in [6.45, 7) is 2.02. The van der Waals surface area contributed by atoms with Gasteiger partial charge in [0.2, 0.25) is 5.91 Å². The number of amides is 1. The lowest BCUT2D eigenvalue weighted by Gasteiger charge is -2.10. The first-order chi connectivity index (χ1) is 7.11. The zero-order valence-corrected chi connectivity index (χ0v) is 8.60. The maximum absolute atomic E-state index is 11.4. The third-order valence-electron chi connectivity index (χ3n) is 1.79. The monoisotopic (exact) mass is 206 g/mol. The van der Waals surface area contributed by atoms with Gasteiger partial charge in [0, 0.05) is 18.7 Å². The Morgan fingerprint density at radius 1 is 1.87 bits per heavy atom. The highest BCUT2D eigenvalue weighted by Gasteiger charge is 2.07. The SMILES string of the molecule is C#CCC(C)NC(=O)Cn1cc(N)cn1. The van der Waals surface area contributed by atoms with Crippen LogP contribution in [0.2, 0.25) is 0 Å². The Morgan fingerprint density at radius 2 is 2.60 bits per heavy atom. The van der Waals surface area contributed by atoms with E-state index >= 15 is 0 Å². The molecule has 15 heavy (non-hydrogen) atoms. The minimum Gasteiger partial charge on any atom is -0.396 e. The molecule has 1 rings (SSSR count). The summed E-state index contributed by atoms with van der Waals surface area (Å²) >= 11 is 0. The number of nitrogens with two attached hydrogens (primary N) is 1. The number of nitrogens with one attached hydrogen (secondary N) is 1. The van der Waals surface area contributed by atoms with E-state index in [9.17, 15) is 4.79 Å². The third kappa shape index (κ3) is 3.73. The fourth-order valence-corrected chi connectivity index (χ4v) is 1.16. The zero-order valence-electron chi connectivity index (χ0n) is 8.60. The topological polar surface area (TPSA) is 72.9 Å². The molecule has 0 saturated heterocycles. The molecule has 0 bridgehead atoms. The Kier molecular flexibility index (Phi) is 3.75. The molecule has 0 aliphatic rings. The van der Waals surface area contributed by atoms with Crippen molar-refractivity contribution < 1.29 is 4.79 Å². The average Bonchev–Trinajstić information content (AvgIpc) is 2.51. The van der Waals surface area contributed by atoms with Crippen LogP contribution in [0.4, 0.5) is 5.69 Å². The Balaban J connectivity index is 2.40. The third-order valence-corrected chi connectivity index (χ3v) is 1.79. The first-order valence-electron chi connectivity index (χ1n) is 4.62. The molecule has 80 valence electrons.